The Labute approximate surface area is 220 Å². The number of halogens is 1. The lowest BCUT2D eigenvalue weighted by atomic mass is 10.1. The van der Waals surface area contributed by atoms with E-state index in [1.165, 1.54) is 25.7 Å². The van der Waals surface area contributed by atoms with Crippen molar-refractivity contribution in [2.24, 2.45) is 5.92 Å². The van der Waals surface area contributed by atoms with Gasteiger partial charge in [-0.05, 0) is 85.5 Å². The maximum absolute atomic E-state index is 9.25. The maximum atomic E-state index is 9.25. The number of aliphatic hydroxyl groups is 1. The van der Waals surface area contributed by atoms with Crippen LogP contribution in [0.15, 0.2) is 60.8 Å². The van der Waals surface area contributed by atoms with Gasteiger partial charge in [0.05, 0.1) is 0 Å². The minimum atomic E-state index is 0.242. The number of aromatic nitrogens is 1. The Hall–Kier alpha value is -2.84. The highest BCUT2D eigenvalue weighted by Crippen LogP contribution is 2.26. The van der Waals surface area contributed by atoms with Crippen LogP contribution >= 0.6 is 11.6 Å². The number of ether oxygens (including phenoxy) is 1. The summed E-state index contributed by atoms with van der Waals surface area (Å²) in [5.41, 5.74) is 4.86. The van der Waals surface area contributed by atoms with Crippen LogP contribution in [-0.2, 0) is 0 Å². The van der Waals surface area contributed by atoms with E-state index in [1.54, 1.807) is 0 Å². The van der Waals surface area contributed by atoms with E-state index in [-0.39, 0.29) is 6.61 Å². The van der Waals surface area contributed by atoms with E-state index in [0.29, 0.717) is 6.61 Å². The number of aryl methyl sites for hydroxylation is 1. The molecule has 0 amide bonds. The van der Waals surface area contributed by atoms with Crippen LogP contribution in [0.1, 0.15) is 48.9 Å². The molecule has 188 valence electrons. The van der Waals surface area contributed by atoms with Gasteiger partial charge in [0.2, 0.25) is 0 Å². The van der Waals surface area contributed by atoms with Crippen molar-refractivity contribution in [3.8, 4) is 28.7 Å². The summed E-state index contributed by atoms with van der Waals surface area (Å²) in [5.74, 6) is 8.07. The third-order valence-electron chi connectivity index (χ3n) is 6.74. The largest absolute Gasteiger partial charge is 0.492 e. The van der Waals surface area contributed by atoms with Crippen LogP contribution in [0, 0.1) is 24.7 Å². The van der Waals surface area contributed by atoms with Crippen LogP contribution in [0.25, 0.3) is 11.1 Å². The lowest BCUT2D eigenvalue weighted by molar-refractivity contribution is 0.169. The summed E-state index contributed by atoms with van der Waals surface area (Å²) in [4.78, 5) is 6.95. The predicted molar refractivity (Wildman–Crippen MR) is 147 cm³/mol. The SMILES string of the molecule is Cc1cc(C#Cc2ccc(-c3ccc(Cl)cc3)cn2)ccc1OCCN(CCCO)CC1CCCC1. The number of nitrogens with zero attached hydrogens (tertiary/aromatic N) is 2. The van der Waals surface area contributed by atoms with Gasteiger partial charge in [-0.3, -0.25) is 4.90 Å². The Morgan fingerprint density at radius 1 is 1.00 bits per heavy atom. The van der Waals surface area contributed by atoms with Gasteiger partial charge in [-0.25, -0.2) is 4.98 Å². The first-order valence-corrected chi connectivity index (χ1v) is 13.3. The van der Waals surface area contributed by atoms with Gasteiger partial charge in [0, 0.05) is 48.6 Å². The van der Waals surface area contributed by atoms with E-state index in [1.807, 2.05) is 54.7 Å². The van der Waals surface area contributed by atoms with E-state index in [4.69, 9.17) is 16.3 Å². The molecule has 0 bridgehead atoms. The minimum absolute atomic E-state index is 0.242. The average Bonchev–Trinajstić information content (AvgIpc) is 3.41. The molecular weight excluding hydrogens is 468 g/mol. The van der Waals surface area contributed by atoms with E-state index < -0.39 is 0 Å². The number of hydrogen-bond donors (Lipinski definition) is 1. The molecule has 3 aromatic rings. The van der Waals surface area contributed by atoms with Gasteiger partial charge < -0.3 is 9.84 Å². The molecule has 1 aliphatic carbocycles. The third kappa shape index (κ3) is 7.83. The summed E-state index contributed by atoms with van der Waals surface area (Å²) in [7, 11) is 0. The van der Waals surface area contributed by atoms with Crippen LogP contribution in [0.4, 0.5) is 0 Å². The molecule has 4 nitrogen and oxygen atoms in total. The number of aliphatic hydroxyl groups excluding tert-OH is 1. The molecule has 1 aromatic heterocycles. The number of rotatable bonds is 10. The molecule has 0 unspecified atom stereocenters. The minimum Gasteiger partial charge on any atom is -0.492 e. The fourth-order valence-corrected chi connectivity index (χ4v) is 4.86. The summed E-state index contributed by atoms with van der Waals surface area (Å²) >= 11 is 5.98. The van der Waals surface area contributed by atoms with Gasteiger partial charge in [0.15, 0.2) is 0 Å². The highest BCUT2D eigenvalue weighted by molar-refractivity contribution is 6.30. The summed E-state index contributed by atoms with van der Waals surface area (Å²) in [6.07, 6.45) is 8.03. The average molecular weight is 503 g/mol. The molecule has 5 heteroatoms. The number of benzene rings is 2. The van der Waals surface area contributed by atoms with Crippen molar-refractivity contribution in [3.63, 3.8) is 0 Å². The monoisotopic (exact) mass is 502 g/mol. The summed E-state index contributed by atoms with van der Waals surface area (Å²) < 4.78 is 6.12. The van der Waals surface area contributed by atoms with Gasteiger partial charge in [-0.15, -0.1) is 0 Å². The summed E-state index contributed by atoms with van der Waals surface area (Å²) in [5, 5.41) is 9.97. The standard InChI is InChI=1S/C31H35ClN2O2/c1-24-21-25(7-14-30-15-11-28(22-33-30)27-9-12-29(32)13-10-27)8-16-31(24)36-20-18-34(17-4-19-35)23-26-5-2-3-6-26/h8-13,15-16,21-22,26,35H,2-6,17-20,23H2,1H3. The van der Waals surface area contributed by atoms with Crippen molar-refractivity contribution in [2.75, 3.05) is 32.8 Å². The second kappa shape index (κ2) is 13.5. The fraction of sp³-hybridized carbons (Fsp3) is 0.387. The molecule has 0 radical (unpaired) electrons. The first kappa shape index (κ1) is 26.2. The Kier molecular flexibility index (Phi) is 9.81. The smallest absolute Gasteiger partial charge is 0.122 e. The molecular formula is C31H35ClN2O2. The van der Waals surface area contributed by atoms with E-state index >= 15 is 0 Å². The predicted octanol–water partition coefficient (Wildman–Crippen LogP) is 6.36. The summed E-state index contributed by atoms with van der Waals surface area (Å²) in [6.45, 7) is 5.88. The lowest BCUT2D eigenvalue weighted by Crippen LogP contribution is -2.34. The molecule has 1 aliphatic rings. The lowest BCUT2D eigenvalue weighted by Gasteiger charge is -2.25. The van der Waals surface area contributed by atoms with Gasteiger partial charge in [-0.2, -0.15) is 0 Å². The van der Waals surface area contributed by atoms with E-state index in [9.17, 15) is 5.11 Å². The Balaban J connectivity index is 1.31. The molecule has 1 fully saturated rings. The van der Waals surface area contributed by atoms with Crippen molar-refractivity contribution in [1.29, 1.82) is 0 Å². The topological polar surface area (TPSA) is 45.6 Å². The zero-order chi connectivity index (χ0) is 25.2. The molecule has 1 N–H and O–H groups in total. The Morgan fingerprint density at radius 2 is 1.78 bits per heavy atom. The van der Waals surface area contributed by atoms with Gasteiger partial charge in [0.1, 0.15) is 18.1 Å². The van der Waals surface area contributed by atoms with Crippen LogP contribution in [0.2, 0.25) is 5.02 Å². The quantitative estimate of drug-likeness (QED) is 0.327. The highest BCUT2D eigenvalue weighted by atomic mass is 35.5. The van der Waals surface area contributed by atoms with Crippen molar-refractivity contribution in [2.45, 2.75) is 39.0 Å². The van der Waals surface area contributed by atoms with E-state index in [2.05, 4.69) is 34.7 Å². The molecule has 0 saturated heterocycles. The molecule has 4 rings (SSSR count). The molecule has 1 saturated carbocycles. The number of pyridine rings is 1. The van der Waals surface area contributed by atoms with Gasteiger partial charge in [-0.1, -0.05) is 48.6 Å². The van der Waals surface area contributed by atoms with E-state index in [0.717, 1.165) is 70.7 Å². The van der Waals surface area contributed by atoms with Crippen molar-refractivity contribution in [1.82, 2.24) is 9.88 Å². The molecule has 0 atom stereocenters. The summed E-state index contributed by atoms with van der Waals surface area (Å²) in [6, 6.07) is 17.8. The fourth-order valence-electron chi connectivity index (χ4n) is 4.74. The molecule has 0 spiro atoms. The Bertz CT molecular complexity index is 1160. The molecule has 0 aliphatic heterocycles. The zero-order valence-corrected chi connectivity index (χ0v) is 21.8. The van der Waals surface area contributed by atoms with Gasteiger partial charge in [0.25, 0.3) is 0 Å². The second-order valence-corrected chi connectivity index (χ2v) is 9.98. The highest BCUT2D eigenvalue weighted by Gasteiger charge is 2.18. The van der Waals surface area contributed by atoms with Crippen LogP contribution in [0.3, 0.4) is 0 Å². The zero-order valence-electron chi connectivity index (χ0n) is 21.0. The first-order valence-electron chi connectivity index (χ1n) is 12.9. The second-order valence-electron chi connectivity index (χ2n) is 9.55. The first-order chi connectivity index (χ1) is 17.6. The Morgan fingerprint density at radius 3 is 2.47 bits per heavy atom. The van der Waals surface area contributed by atoms with Gasteiger partial charge >= 0.3 is 0 Å². The van der Waals surface area contributed by atoms with Crippen molar-refractivity contribution in [3.05, 3.63) is 82.6 Å². The van der Waals surface area contributed by atoms with Crippen LogP contribution < -0.4 is 4.74 Å². The molecule has 2 aromatic carbocycles. The maximum Gasteiger partial charge on any atom is 0.122 e. The normalized spacial score (nSPS) is 13.6. The van der Waals surface area contributed by atoms with Crippen molar-refractivity contribution < 1.29 is 9.84 Å². The number of hydrogen-bond acceptors (Lipinski definition) is 4. The molecule has 36 heavy (non-hydrogen) atoms. The third-order valence-corrected chi connectivity index (χ3v) is 6.99. The van der Waals surface area contributed by atoms with Crippen molar-refractivity contribution >= 4 is 11.6 Å². The van der Waals surface area contributed by atoms with Crippen LogP contribution in [-0.4, -0.2) is 47.8 Å². The van der Waals surface area contributed by atoms with Crippen LogP contribution in [0.5, 0.6) is 5.75 Å². The molecule has 1 heterocycles.